The summed E-state index contributed by atoms with van der Waals surface area (Å²) in [6.45, 7) is 5.13. The lowest BCUT2D eigenvalue weighted by Crippen LogP contribution is -2.55. The van der Waals surface area contributed by atoms with Crippen LogP contribution >= 0.6 is 12.2 Å². The zero-order chi connectivity index (χ0) is 27.1. The van der Waals surface area contributed by atoms with Gasteiger partial charge in [0.25, 0.3) is 5.91 Å². The first-order valence-electron chi connectivity index (χ1n) is 13.2. The highest BCUT2D eigenvalue weighted by molar-refractivity contribution is 7.81. The van der Waals surface area contributed by atoms with E-state index in [1.165, 1.54) is 11.0 Å². The van der Waals surface area contributed by atoms with E-state index < -0.39 is 11.4 Å². The number of pyridine rings is 1. The molecule has 3 heterocycles. The van der Waals surface area contributed by atoms with Crippen LogP contribution in [-0.2, 0) is 4.79 Å². The predicted molar refractivity (Wildman–Crippen MR) is 151 cm³/mol. The quantitative estimate of drug-likeness (QED) is 0.432. The maximum Gasteiger partial charge on any atom is 0.260 e. The van der Waals surface area contributed by atoms with Gasteiger partial charge in [-0.3, -0.25) is 9.69 Å². The molecule has 0 bridgehead atoms. The lowest BCUT2D eigenvalue weighted by Gasteiger charge is -2.43. The number of likely N-dealkylation sites (N-methyl/N-ethyl adjacent to an activating group) is 1. The van der Waals surface area contributed by atoms with Crippen LogP contribution in [0.2, 0.25) is 0 Å². The first-order chi connectivity index (χ1) is 18.9. The molecular weight excluding hydrogens is 515 g/mol. The van der Waals surface area contributed by atoms with Crippen LogP contribution in [0.1, 0.15) is 24.8 Å². The van der Waals surface area contributed by atoms with Crippen molar-refractivity contribution in [3.8, 4) is 11.8 Å². The fourth-order valence-electron chi connectivity index (χ4n) is 5.64. The van der Waals surface area contributed by atoms with Gasteiger partial charge in [-0.15, -0.1) is 0 Å². The van der Waals surface area contributed by atoms with Crippen LogP contribution in [-0.4, -0.2) is 77.7 Å². The summed E-state index contributed by atoms with van der Waals surface area (Å²) >= 11 is 5.83. The van der Waals surface area contributed by atoms with Crippen molar-refractivity contribution in [3.05, 3.63) is 59.9 Å². The molecule has 10 heteroatoms. The van der Waals surface area contributed by atoms with Crippen LogP contribution in [0.25, 0.3) is 10.9 Å². The summed E-state index contributed by atoms with van der Waals surface area (Å²) in [6.07, 6.45) is 2.10. The molecule has 6 rings (SSSR count). The van der Waals surface area contributed by atoms with E-state index in [2.05, 4.69) is 27.9 Å². The van der Waals surface area contributed by atoms with Crippen molar-refractivity contribution in [2.45, 2.75) is 24.8 Å². The number of fused-ring (bicyclic) bond motifs is 1. The maximum atomic E-state index is 15.2. The average molecular weight is 545 g/mol. The van der Waals surface area contributed by atoms with Crippen molar-refractivity contribution in [2.24, 2.45) is 0 Å². The molecule has 1 saturated carbocycles. The SMILES string of the molecule is CN1CCN(CCOc2ccc(N3C(=S)N(c4ccc5cccc(C#N)c5n4)C(=O)C34CCC4)cc2F)CC1. The summed E-state index contributed by atoms with van der Waals surface area (Å²) in [6, 6.07) is 15.9. The molecule has 0 radical (unpaired) electrons. The summed E-state index contributed by atoms with van der Waals surface area (Å²) < 4.78 is 21.0. The molecule has 2 saturated heterocycles. The van der Waals surface area contributed by atoms with Gasteiger partial charge in [0.2, 0.25) is 0 Å². The normalized spacial score (nSPS) is 19.5. The molecule has 2 aromatic carbocycles. The smallest absolute Gasteiger partial charge is 0.260 e. The first kappa shape index (κ1) is 25.6. The molecule has 0 atom stereocenters. The Hall–Kier alpha value is -3.65. The number of piperazine rings is 1. The van der Waals surface area contributed by atoms with Crippen LogP contribution < -0.4 is 14.5 Å². The van der Waals surface area contributed by atoms with Gasteiger partial charge >= 0.3 is 0 Å². The van der Waals surface area contributed by atoms with Crippen LogP contribution in [0.3, 0.4) is 0 Å². The van der Waals surface area contributed by atoms with Gasteiger partial charge in [0.15, 0.2) is 16.7 Å². The molecule has 0 N–H and O–H groups in total. The van der Waals surface area contributed by atoms with E-state index >= 15 is 4.39 Å². The molecule has 0 unspecified atom stereocenters. The summed E-state index contributed by atoms with van der Waals surface area (Å²) in [4.78, 5) is 26.3. The topological polar surface area (TPSA) is 75.9 Å². The number of carbonyl (C=O) groups excluding carboxylic acids is 1. The van der Waals surface area contributed by atoms with Gasteiger partial charge in [0.1, 0.15) is 24.0 Å². The highest BCUT2D eigenvalue weighted by Gasteiger charge is 2.60. The zero-order valence-electron chi connectivity index (χ0n) is 21.8. The van der Waals surface area contributed by atoms with Crippen molar-refractivity contribution in [1.29, 1.82) is 5.26 Å². The van der Waals surface area contributed by atoms with E-state index in [1.807, 2.05) is 12.1 Å². The molecule has 1 aliphatic carbocycles. The van der Waals surface area contributed by atoms with Crippen molar-refractivity contribution < 1.29 is 13.9 Å². The number of hydrogen-bond donors (Lipinski definition) is 0. The van der Waals surface area contributed by atoms with Crippen LogP contribution in [0, 0.1) is 17.1 Å². The molecule has 3 aliphatic rings. The summed E-state index contributed by atoms with van der Waals surface area (Å²) in [5.41, 5.74) is 0.585. The van der Waals surface area contributed by atoms with Gasteiger partial charge in [-0.2, -0.15) is 5.26 Å². The third kappa shape index (κ3) is 4.40. The maximum absolute atomic E-state index is 15.2. The second-order valence-corrected chi connectivity index (χ2v) is 10.8. The molecule has 1 aromatic heterocycles. The van der Waals surface area contributed by atoms with Crippen LogP contribution in [0.15, 0.2) is 48.5 Å². The molecule has 3 aromatic rings. The van der Waals surface area contributed by atoms with Crippen molar-refractivity contribution >= 4 is 45.6 Å². The Kier molecular flexibility index (Phi) is 6.67. The minimum absolute atomic E-state index is 0.173. The Labute approximate surface area is 232 Å². The number of para-hydroxylation sites is 1. The molecule has 3 fully saturated rings. The van der Waals surface area contributed by atoms with Crippen LogP contribution in [0.4, 0.5) is 15.9 Å². The van der Waals surface area contributed by atoms with Crippen LogP contribution in [0.5, 0.6) is 5.75 Å². The molecule has 200 valence electrons. The molecule has 39 heavy (non-hydrogen) atoms. The van der Waals surface area contributed by atoms with Gasteiger partial charge < -0.3 is 14.5 Å². The highest BCUT2D eigenvalue weighted by atomic mass is 32.1. The minimum Gasteiger partial charge on any atom is -0.489 e. The number of benzene rings is 2. The Balaban J connectivity index is 1.24. The fourth-order valence-corrected chi connectivity index (χ4v) is 6.09. The Morgan fingerprint density at radius 2 is 1.92 bits per heavy atom. The number of ether oxygens (including phenoxy) is 1. The Morgan fingerprint density at radius 3 is 2.62 bits per heavy atom. The van der Waals surface area contributed by atoms with Crippen molar-refractivity contribution in [3.63, 3.8) is 0 Å². The molecule has 2 aliphatic heterocycles. The van der Waals surface area contributed by atoms with Crippen molar-refractivity contribution in [1.82, 2.24) is 14.8 Å². The van der Waals surface area contributed by atoms with Crippen molar-refractivity contribution in [2.75, 3.05) is 56.2 Å². The van der Waals surface area contributed by atoms with E-state index in [0.717, 1.165) is 44.5 Å². The van der Waals surface area contributed by atoms with E-state index in [-0.39, 0.29) is 16.8 Å². The number of aromatic nitrogens is 1. The van der Waals surface area contributed by atoms with Gasteiger partial charge in [-0.25, -0.2) is 14.3 Å². The monoisotopic (exact) mass is 544 g/mol. The standard InChI is InChI=1S/C29H29FN6O2S/c1-33-12-14-34(15-13-33)16-17-38-24-8-7-22(18-23(24)30)36-28(39)35(27(37)29(36)10-3-11-29)25-9-6-20-4-2-5-21(19-31)26(20)32-25/h2,4-9,18H,3,10-17H2,1H3. The number of amides is 1. The van der Waals surface area contributed by atoms with Gasteiger partial charge in [-0.1, -0.05) is 12.1 Å². The Bertz CT molecular complexity index is 1490. The van der Waals surface area contributed by atoms with Gasteiger partial charge in [0, 0.05) is 49.9 Å². The molecule has 1 spiro atoms. The third-order valence-corrected chi connectivity index (χ3v) is 8.45. The zero-order valence-corrected chi connectivity index (χ0v) is 22.6. The Morgan fingerprint density at radius 1 is 1.13 bits per heavy atom. The van der Waals surface area contributed by atoms with E-state index in [4.69, 9.17) is 17.0 Å². The number of nitriles is 1. The lowest BCUT2D eigenvalue weighted by molar-refractivity contribution is -0.123. The first-order valence-corrected chi connectivity index (χ1v) is 13.6. The van der Waals surface area contributed by atoms with Gasteiger partial charge in [-0.05, 0) is 68.9 Å². The number of halogens is 1. The summed E-state index contributed by atoms with van der Waals surface area (Å²) in [5.74, 6) is -0.119. The number of carbonyl (C=O) groups is 1. The average Bonchev–Trinajstić information content (AvgIpc) is 3.16. The predicted octanol–water partition coefficient (Wildman–Crippen LogP) is 3.93. The second-order valence-electron chi connectivity index (χ2n) is 10.4. The molecule has 8 nitrogen and oxygen atoms in total. The number of anilines is 2. The van der Waals surface area contributed by atoms with Gasteiger partial charge in [0.05, 0.1) is 11.1 Å². The summed E-state index contributed by atoms with van der Waals surface area (Å²) in [5, 5.41) is 10.6. The lowest BCUT2D eigenvalue weighted by atomic mass is 9.75. The third-order valence-electron chi connectivity index (χ3n) is 8.08. The number of nitrogens with zero attached hydrogens (tertiary/aromatic N) is 6. The number of thiocarbonyl (C=S) groups is 1. The molecule has 1 amide bonds. The highest BCUT2D eigenvalue weighted by Crippen LogP contribution is 2.48. The summed E-state index contributed by atoms with van der Waals surface area (Å²) in [7, 11) is 2.11. The fraction of sp³-hybridized carbons (Fsp3) is 0.379. The van der Waals surface area contributed by atoms with E-state index in [0.29, 0.717) is 42.0 Å². The largest absolute Gasteiger partial charge is 0.489 e. The second kappa shape index (κ2) is 10.2. The number of rotatable bonds is 6. The molecular formula is C29H29FN6O2S. The van der Waals surface area contributed by atoms with E-state index in [1.54, 1.807) is 35.2 Å². The number of hydrogen-bond acceptors (Lipinski definition) is 7. The minimum atomic E-state index is -0.862. The van der Waals surface area contributed by atoms with E-state index in [9.17, 15) is 10.1 Å².